The third-order valence-corrected chi connectivity index (χ3v) is 1.64. The first kappa shape index (κ1) is 9.24. The highest BCUT2D eigenvalue weighted by atomic mass is 19.1. The van der Waals surface area contributed by atoms with Gasteiger partial charge in [0.1, 0.15) is 0 Å². The summed E-state index contributed by atoms with van der Waals surface area (Å²) in [6.45, 7) is 0. The molecule has 0 radical (unpaired) electrons. The summed E-state index contributed by atoms with van der Waals surface area (Å²) in [7, 11) is 0. The first-order valence-corrected chi connectivity index (χ1v) is 3.58. The highest BCUT2D eigenvalue weighted by molar-refractivity contribution is 5.68. The first-order valence-electron chi connectivity index (χ1n) is 3.58. The molecular formula is C6H2F2N4O3. The summed E-state index contributed by atoms with van der Waals surface area (Å²) in [6, 6.07) is 0. The molecule has 7 nitrogen and oxygen atoms in total. The number of aromatic amines is 1. The van der Waals surface area contributed by atoms with Crippen LogP contribution < -0.4 is 11.1 Å². The molecule has 15 heavy (non-hydrogen) atoms. The second-order valence-corrected chi connectivity index (χ2v) is 2.55. The van der Waals surface area contributed by atoms with E-state index in [2.05, 4.69) is 9.97 Å². The highest BCUT2D eigenvalue weighted by Crippen LogP contribution is 2.07. The van der Waals surface area contributed by atoms with Crippen LogP contribution in [0.3, 0.4) is 0 Å². The second-order valence-electron chi connectivity index (χ2n) is 2.55. The topological polar surface area (TPSA) is 101 Å². The molecule has 0 aromatic carbocycles. The van der Waals surface area contributed by atoms with Crippen molar-refractivity contribution in [1.82, 2.24) is 19.7 Å². The molecule has 0 aliphatic heterocycles. The summed E-state index contributed by atoms with van der Waals surface area (Å²) in [5.74, 6) is -1.45. The number of H-pyrrole nitrogens is 1. The van der Waals surface area contributed by atoms with Gasteiger partial charge >= 0.3 is 17.2 Å². The molecule has 0 fully saturated rings. The van der Waals surface area contributed by atoms with E-state index >= 15 is 0 Å². The van der Waals surface area contributed by atoms with Crippen molar-refractivity contribution in [1.29, 1.82) is 0 Å². The standard InChI is InChI=1S/C6H2F2N4O3/c7-2-1-3(11-6(8)9-2)10-4(13)5(14)12(1)15/h15H,(H,9,10,11,13). The Labute approximate surface area is 78.6 Å². The van der Waals surface area contributed by atoms with Crippen molar-refractivity contribution in [3.8, 4) is 0 Å². The molecule has 2 aromatic heterocycles. The molecule has 0 saturated carbocycles. The van der Waals surface area contributed by atoms with Crippen molar-refractivity contribution < 1.29 is 14.0 Å². The number of hydrogen-bond donors (Lipinski definition) is 2. The van der Waals surface area contributed by atoms with Gasteiger partial charge in [0.25, 0.3) is 0 Å². The Kier molecular flexibility index (Phi) is 1.75. The van der Waals surface area contributed by atoms with Crippen molar-refractivity contribution in [2.45, 2.75) is 0 Å². The average Bonchev–Trinajstić information content (AvgIpc) is 2.13. The lowest BCUT2D eigenvalue weighted by molar-refractivity contribution is 0.183. The second kappa shape index (κ2) is 2.83. The van der Waals surface area contributed by atoms with Crippen LogP contribution in [0.2, 0.25) is 0 Å². The molecule has 78 valence electrons. The van der Waals surface area contributed by atoms with Crippen molar-refractivity contribution in [2.75, 3.05) is 0 Å². The Balaban J connectivity index is 3.13. The fourth-order valence-corrected chi connectivity index (χ4v) is 1.04. The Bertz CT molecular complexity index is 662. The summed E-state index contributed by atoms with van der Waals surface area (Å²) in [5, 5.41) is 9.05. The van der Waals surface area contributed by atoms with Gasteiger partial charge < -0.3 is 10.2 Å². The minimum atomic E-state index is -1.45. The number of nitrogens with zero attached hydrogens (tertiary/aromatic N) is 3. The highest BCUT2D eigenvalue weighted by Gasteiger charge is 2.14. The molecule has 9 heteroatoms. The number of halogens is 2. The predicted octanol–water partition coefficient (Wildman–Crippen LogP) is -1.00. The number of aromatic nitrogens is 4. The third-order valence-electron chi connectivity index (χ3n) is 1.64. The fourth-order valence-electron chi connectivity index (χ4n) is 1.04. The summed E-state index contributed by atoms with van der Waals surface area (Å²) in [6.07, 6.45) is -1.42. The number of fused-ring (bicyclic) bond motifs is 1. The largest absolute Gasteiger partial charge is 0.424 e. The van der Waals surface area contributed by atoms with Crippen LogP contribution in [0.1, 0.15) is 0 Å². The molecule has 0 atom stereocenters. The maximum atomic E-state index is 13.0. The minimum absolute atomic E-state index is 0.275. The molecule has 0 bridgehead atoms. The van der Waals surface area contributed by atoms with E-state index in [1.165, 1.54) is 0 Å². The Morgan fingerprint density at radius 2 is 1.93 bits per heavy atom. The summed E-state index contributed by atoms with van der Waals surface area (Å²) in [5.41, 5.74) is -4.05. The monoisotopic (exact) mass is 216 g/mol. The molecule has 0 unspecified atom stereocenters. The molecule has 2 N–H and O–H groups in total. The minimum Gasteiger partial charge on any atom is -0.424 e. The van der Waals surface area contributed by atoms with Gasteiger partial charge in [-0.2, -0.15) is 18.7 Å². The molecule has 0 saturated heterocycles. The zero-order valence-electron chi connectivity index (χ0n) is 6.86. The van der Waals surface area contributed by atoms with Crippen molar-refractivity contribution >= 4 is 11.2 Å². The average molecular weight is 216 g/mol. The van der Waals surface area contributed by atoms with Gasteiger partial charge in [-0.05, 0) is 0 Å². The van der Waals surface area contributed by atoms with Gasteiger partial charge in [0.2, 0.25) is 5.95 Å². The van der Waals surface area contributed by atoms with Gasteiger partial charge in [0.15, 0.2) is 11.2 Å². The lowest BCUT2D eigenvalue weighted by Gasteiger charge is -2.01. The van der Waals surface area contributed by atoms with Gasteiger partial charge in [0.05, 0.1) is 0 Å². The normalized spacial score (nSPS) is 10.8. The zero-order chi connectivity index (χ0) is 11.2. The molecule has 2 aromatic rings. The van der Waals surface area contributed by atoms with Gasteiger partial charge in [-0.3, -0.25) is 9.59 Å². The lowest BCUT2D eigenvalue weighted by atomic mass is 10.5. The molecule has 0 aliphatic carbocycles. The summed E-state index contributed by atoms with van der Waals surface area (Å²) in [4.78, 5) is 29.1. The van der Waals surface area contributed by atoms with Crippen LogP contribution in [0.5, 0.6) is 0 Å². The van der Waals surface area contributed by atoms with E-state index in [4.69, 9.17) is 5.21 Å². The van der Waals surface area contributed by atoms with Crippen LogP contribution in [0.4, 0.5) is 8.78 Å². The SMILES string of the molecule is O=c1[nH]c2nc(F)nc(F)c2n(O)c1=O. The maximum absolute atomic E-state index is 13.0. The molecule has 0 amide bonds. The van der Waals surface area contributed by atoms with Gasteiger partial charge in [-0.15, -0.1) is 4.73 Å². The smallest absolute Gasteiger partial charge is 0.349 e. The van der Waals surface area contributed by atoms with E-state index in [9.17, 15) is 18.4 Å². The van der Waals surface area contributed by atoms with Crippen LogP contribution >= 0.6 is 0 Å². The quantitative estimate of drug-likeness (QED) is 0.254. The fraction of sp³-hybridized carbons (Fsp3) is 0. The van der Waals surface area contributed by atoms with Crippen LogP contribution in [0, 0.1) is 12.0 Å². The zero-order valence-corrected chi connectivity index (χ0v) is 6.86. The van der Waals surface area contributed by atoms with E-state index in [0.717, 1.165) is 0 Å². The third kappa shape index (κ3) is 1.24. The van der Waals surface area contributed by atoms with E-state index in [-0.39, 0.29) is 4.73 Å². The van der Waals surface area contributed by atoms with Gasteiger partial charge in [-0.1, -0.05) is 0 Å². The van der Waals surface area contributed by atoms with Crippen LogP contribution in [-0.2, 0) is 0 Å². The van der Waals surface area contributed by atoms with E-state index in [1.54, 1.807) is 4.98 Å². The van der Waals surface area contributed by atoms with E-state index in [0.29, 0.717) is 0 Å². The molecular weight excluding hydrogens is 214 g/mol. The predicted molar refractivity (Wildman–Crippen MR) is 41.5 cm³/mol. The van der Waals surface area contributed by atoms with Crippen molar-refractivity contribution in [2.24, 2.45) is 0 Å². The van der Waals surface area contributed by atoms with Crippen molar-refractivity contribution in [3.63, 3.8) is 0 Å². The van der Waals surface area contributed by atoms with Crippen LogP contribution in [0.25, 0.3) is 11.2 Å². The number of hydrogen-bond acceptors (Lipinski definition) is 5. The van der Waals surface area contributed by atoms with E-state index < -0.39 is 34.3 Å². The van der Waals surface area contributed by atoms with Gasteiger partial charge in [0, 0.05) is 0 Å². The molecule has 2 heterocycles. The molecule has 2 rings (SSSR count). The van der Waals surface area contributed by atoms with Crippen molar-refractivity contribution in [3.05, 3.63) is 32.7 Å². The Hall–Kier alpha value is -2.32. The number of rotatable bonds is 0. The van der Waals surface area contributed by atoms with Crippen LogP contribution in [-0.4, -0.2) is 24.9 Å². The molecule has 0 spiro atoms. The van der Waals surface area contributed by atoms with Crippen LogP contribution in [0.15, 0.2) is 9.59 Å². The van der Waals surface area contributed by atoms with E-state index in [1.807, 2.05) is 0 Å². The Morgan fingerprint density at radius 3 is 2.60 bits per heavy atom. The van der Waals surface area contributed by atoms with Gasteiger partial charge in [-0.25, -0.2) is 0 Å². The summed E-state index contributed by atoms with van der Waals surface area (Å²) < 4.78 is 25.2. The molecule has 0 aliphatic rings. The Morgan fingerprint density at radius 1 is 1.27 bits per heavy atom. The first-order chi connectivity index (χ1) is 7.00. The number of nitrogens with one attached hydrogen (secondary N) is 1. The summed E-state index contributed by atoms with van der Waals surface area (Å²) >= 11 is 0. The maximum Gasteiger partial charge on any atom is 0.349 e. The lowest BCUT2D eigenvalue weighted by Crippen LogP contribution is -2.36.